The van der Waals surface area contributed by atoms with Gasteiger partial charge in [-0.15, -0.1) is 0 Å². The average Bonchev–Trinajstić information content (AvgIpc) is 3.27. The van der Waals surface area contributed by atoms with Crippen LogP contribution in [0.25, 0.3) is 11.4 Å². The molecule has 1 atom stereocenters. The number of hydrogen-bond donors (Lipinski definition) is 1. The van der Waals surface area contributed by atoms with Crippen LogP contribution in [0, 0.1) is 0 Å². The number of rotatable bonds is 5. The Bertz CT molecular complexity index is 1090. The SMILES string of the molecule is CN(Cc1nc(-c2cccc(Br)c2)no1)C1=CC(=O)N(C2CCC(=O)NC2=O)C1=O. The number of amides is 4. The molecule has 2 aliphatic heterocycles. The van der Waals surface area contributed by atoms with Gasteiger partial charge in [-0.05, 0) is 18.6 Å². The van der Waals surface area contributed by atoms with Crippen LogP contribution < -0.4 is 5.32 Å². The van der Waals surface area contributed by atoms with Crippen molar-refractivity contribution in [3.63, 3.8) is 0 Å². The van der Waals surface area contributed by atoms with Crippen LogP contribution in [-0.2, 0) is 25.7 Å². The molecule has 3 heterocycles. The summed E-state index contributed by atoms with van der Waals surface area (Å²) >= 11 is 3.39. The molecule has 1 unspecified atom stereocenters. The van der Waals surface area contributed by atoms with Gasteiger partial charge in [0.25, 0.3) is 11.8 Å². The lowest BCUT2D eigenvalue weighted by atomic mass is 10.0. The quantitative estimate of drug-likeness (QED) is 0.637. The van der Waals surface area contributed by atoms with Gasteiger partial charge in [0.1, 0.15) is 11.7 Å². The molecule has 2 aromatic rings. The maximum atomic E-state index is 12.8. The summed E-state index contributed by atoms with van der Waals surface area (Å²) < 4.78 is 6.14. The monoisotopic (exact) mass is 473 g/mol. The minimum absolute atomic E-state index is 0.0685. The molecule has 1 N–H and O–H groups in total. The Morgan fingerprint density at radius 2 is 2.10 bits per heavy atom. The van der Waals surface area contributed by atoms with Crippen molar-refractivity contribution in [3.05, 3.63) is 46.4 Å². The first-order valence-corrected chi connectivity index (χ1v) is 9.85. The van der Waals surface area contributed by atoms with Crippen molar-refractivity contribution in [2.24, 2.45) is 0 Å². The van der Waals surface area contributed by atoms with E-state index in [4.69, 9.17) is 4.52 Å². The first kappa shape index (κ1) is 20.0. The number of nitrogens with one attached hydrogen (secondary N) is 1. The van der Waals surface area contributed by atoms with Gasteiger partial charge < -0.3 is 9.42 Å². The summed E-state index contributed by atoms with van der Waals surface area (Å²) in [5, 5.41) is 6.10. The Morgan fingerprint density at radius 3 is 2.83 bits per heavy atom. The first-order chi connectivity index (χ1) is 14.3. The maximum absolute atomic E-state index is 12.8. The highest BCUT2D eigenvalue weighted by molar-refractivity contribution is 9.10. The van der Waals surface area contributed by atoms with E-state index in [0.29, 0.717) is 5.82 Å². The molecule has 4 rings (SSSR count). The van der Waals surface area contributed by atoms with Crippen LogP contribution in [0.4, 0.5) is 0 Å². The van der Waals surface area contributed by atoms with Gasteiger partial charge >= 0.3 is 0 Å². The Kier molecular flexibility index (Phi) is 5.20. The number of carbonyl (C=O) groups is 4. The summed E-state index contributed by atoms with van der Waals surface area (Å²) in [4.78, 5) is 55.3. The summed E-state index contributed by atoms with van der Waals surface area (Å²) in [5.41, 5.74) is 0.865. The molecule has 0 bridgehead atoms. The van der Waals surface area contributed by atoms with Crippen LogP contribution in [0.1, 0.15) is 18.7 Å². The van der Waals surface area contributed by atoms with E-state index in [9.17, 15) is 19.2 Å². The van der Waals surface area contributed by atoms with E-state index in [1.54, 1.807) is 7.05 Å². The molecule has 1 aromatic carbocycles. The van der Waals surface area contributed by atoms with Crippen molar-refractivity contribution in [2.75, 3.05) is 7.05 Å². The minimum atomic E-state index is -1.00. The lowest BCUT2D eigenvalue weighted by molar-refractivity contribution is -0.150. The Labute approximate surface area is 179 Å². The summed E-state index contributed by atoms with van der Waals surface area (Å²) in [6, 6.07) is 6.40. The molecule has 11 heteroatoms. The predicted octanol–water partition coefficient (Wildman–Crippen LogP) is 0.989. The van der Waals surface area contributed by atoms with Crippen LogP contribution >= 0.6 is 15.9 Å². The van der Waals surface area contributed by atoms with Crippen LogP contribution in [0.15, 0.2) is 45.0 Å². The fourth-order valence-electron chi connectivity index (χ4n) is 3.32. The van der Waals surface area contributed by atoms with E-state index >= 15 is 0 Å². The largest absolute Gasteiger partial charge is 0.361 e. The average molecular weight is 474 g/mol. The number of benzene rings is 1. The maximum Gasteiger partial charge on any atom is 0.277 e. The summed E-state index contributed by atoms with van der Waals surface area (Å²) in [6.07, 6.45) is 1.34. The number of hydrogen-bond acceptors (Lipinski definition) is 8. The molecule has 1 saturated heterocycles. The van der Waals surface area contributed by atoms with E-state index in [1.807, 2.05) is 24.3 Å². The normalized spacial score (nSPS) is 19.2. The van der Waals surface area contributed by atoms with Gasteiger partial charge in [-0.1, -0.05) is 33.2 Å². The van der Waals surface area contributed by atoms with Crippen LogP contribution in [0.5, 0.6) is 0 Å². The standard InChI is InChI=1S/C19H16BrN5O5/c1-24(9-15-22-17(23-30-15)10-3-2-4-11(20)7-10)13-8-16(27)25(19(13)29)12-5-6-14(26)21-18(12)28/h2-4,7-8,12H,5-6,9H2,1H3,(H,21,26,28). The molecule has 10 nitrogen and oxygen atoms in total. The lowest BCUT2D eigenvalue weighted by Gasteiger charge is -2.29. The van der Waals surface area contributed by atoms with Crippen LogP contribution in [0.3, 0.4) is 0 Å². The Balaban J connectivity index is 1.47. The van der Waals surface area contributed by atoms with E-state index in [-0.39, 0.29) is 31.0 Å². The number of carbonyl (C=O) groups excluding carboxylic acids is 4. The number of piperidine rings is 1. The van der Waals surface area contributed by atoms with E-state index in [1.165, 1.54) is 4.90 Å². The minimum Gasteiger partial charge on any atom is -0.361 e. The molecule has 2 aliphatic rings. The number of likely N-dealkylation sites (N-methyl/N-ethyl adjacent to an activating group) is 1. The van der Waals surface area contributed by atoms with Crippen LogP contribution in [-0.4, -0.2) is 56.7 Å². The Morgan fingerprint density at radius 1 is 1.30 bits per heavy atom. The smallest absolute Gasteiger partial charge is 0.277 e. The second kappa shape index (κ2) is 7.82. The second-order valence-electron chi connectivity index (χ2n) is 6.89. The van der Waals surface area contributed by atoms with Gasteiger partial charge in [0.05, 0.1) is 6.54 Å². The fraction of sp³-hybridized carbons (Fsp3) is 0.263. The van der Waals surface area contributed by atoms with E-state index in [0.717, 1.165) is 21.0 Å². The number of halogens is 1. The first-order valence-electron chi connectivity index (χ1n) is 9.06. The van der Waals surface area contributed by atoms with E-state index < -0.39 is 29.7 Å². The van der Waals surface area contributed by atoms with Crippen molar-refractivity contribution >= 4 is 39.6 Å². The highest BCUT2D eigenvalue weighted by atomic mass is 79.9. The third-order valence-corrected chi connectivity index (χ3v) is 5.29. The van der Waals surface area contributed by atoms with Crippen molar-refractivity contribution in [3.8, 4) is 11.4 Å². The third-order valence-electron chi connectivity index (χ3n) is 4.79. The molecular formula is C19H16BrN5O5. The van der Waals surface area contributed by atoms with Gasteiger partial charge in [-0.3, -0.25) is 29.4 Å². The molecular weight excluding hydrogens is 458 g/mol. The topological polar surface area (TPSA) is 126 Å². The molecule has 0 saturated carbocycles. The number of imide groups is 2. The van der Waals surface area contributed by atoms with Crippen molar-refractivity contribution in [2.45, 2.75) is 25.4 Å². The fourth-order valence-corrected chi connectivity index (χ4v) is 3.72. The van der Waals surface area contributed by atoms with Crippen molar-refractivity contribution in [1.82, 2.24) is 25.3 Å². The summed E-state index contributed by atoms with van der Waals surface area (Å²) in [6.45, 7) is 0.0923. The van der Waals surface area contributed by atoms with Gasteiger partial charge in [-0.2, -0.15) is 4.98 Å². The molecule has 1 fully saturated rings. The van der Waals surface area contributed by atoms with Crippen LogP contribution in [0.2, 0.25) is 0 Å². The number of nitrogens with zero attached hydrogens (tertiary/aromatic N) is 4. The summed E-state index contributed by atoms with van der Waals surface area (Å²) in [5.74, 6) is -1.62. The van der Waals surface area contributed by atoms with Gasteiger partial charge in [0.15, 0.2) is 0 Å². The van der Waals surface area contributed by atoms with Gasteiger partial charge in [-0.25, -0.2) is 0 Å². The Hall–Kier alpha value is -3.34. The molecule has 154 valence electrons. The van der Waals surface area contributed by atoms with Crippen molar-refractivity contribution in [1.29, 1.82) is 0 Å². The highest BCUT2D eigenvalue weighted by Gasteiger charge is 2.43. The molecule has 0 aliphatic carbocycles. The van der Waals surface area contributed by atoms with Crippen molar-refractivity contribution < 1.29 is 23.7 Å². The second-order valence-corrected chi connectivity index (χ2v) is 7.80. The zero-order valence-electron chi connectivity index (χ0n) is 15.8. The molecule has 30 heavy (non-hydrogen) atoms. The highest BCUT2D eigenvalue weighted by Crippen LogP contribution is 2.24. The van der Waals surface area contributed by atoms with Gasteiger partial charge in [0.2, 0.25) is 23.5 Å². The molecule has 1 aromatic heterocycles. The molecule has 0 radical (unpaired) electrons. The van der Waals surface area contributed by atoms with E-state index in [2.05, 4.69) is 31.4 Å². The number of aromatic nitrogens is 2. The van der Waals surface area contributed by atoms with Gasteiger partial charge in [0, 0.05) is 29.6 Å². The third kappa shape index (κ3) is 3.75. The zero-order valence-corrected chi connectivity index (χ0v) is 17.4. The lowest BCUT2D eigenvalue weighted by Crippen LogP contribution is -2.54. The zero-order chi connectivity index (χ0) is 21.4. The molecule has 4 amide bonds. The summed E-state index contributed by atoms with van der Waals surface area (Å²) in [7, 11) is 1.61. The predicted molar refractivity (Wildman–Crippen MR) is 105 cm³/mol. The molecule has 0 spiro atoms.